The molecule has 0 aliphatic heterocycles. The largest absolute Gasteiger partial charge is 0.351 e. The lowest BCUT2D eigenvalue weighted by molar-refractivity contribution is -0.118. The smallest absolute Gasteiger partial charge is 0.230 e. The lowest BCUT2D eigenvalue weighted by Gasteiger charge is -2.07. The Morgan fingerprint density at radius 2 is 1.86 bits per heavy atom. The molecule has 0 bridgehead atoms. The Bertz CT molecular complexity index is 603. The third-order valence-corrected chi connectivity index (χ3v) is 4.22. The Labute approximate surface area is 132 Å². The molecule has 2 rings (SSSR count). The molecule has 21 heavy (non-hydrogen) atoms. The van der Waals surface area contributed by atoms with Gasteiger partial charge in [0.25, 0.3) is 0 Å². The number of hydrogen-bond donors (Lipinski definition) is 1. The molecule has 0 radical (unpaired) electrons. The van der Waals surface area contributed by atoms with Crippen molar-refractivity contribution in [3.8, 4) is 0 Å². The number of hydrogen-bond acceptors (Lipinski definition) is 2. The van der Waals surface area contributed by atoms with Gasteiger partial charge in [-0.05, 0) is 29.3 Å². The fourth-order valence-corrected chi connectivity index (χ4v) is 2.75. The van der Waals surface area contributed by atoms with Crippen molar-refractivity contribution in [2.45, 2.75) is 12.3 Å². The normalized spacial score (nSPS) is 10.4. The molecule has 0 saturated carbocycles. The molecule has 110 valence electrons. The van der Waals surface area contributed by atoms with E-state index in [2.05, 4.69) is 5.32 Å². The highest BCUT2D eigenvalue weighted by atomic mass is 35.5. The highest BCUT2D eigenvalue weighted by Crippen LogP contribution is 2.15. The van der Waals surface area contributed by atoms with E-state index in [1.165, 1.54) is 23.9 Å². The Morgan fingerprint density at radius 1 is 1.14 bits per heavy atom. The van der Waals surface area contributed by atoms with Crippen molar-refractivity contribution < 1.29 is 9.18 Å². The van der Waals surface area contributed by atoms with Crippen molar-refractivity contribution in [3.63, 3.8) is 0 Å². The van der Waals surface area contributed by atoms with E-state index in [0.29, 0.717) is 23.1 Å². The molecule has 1 amide bonds. The Kier molecular flexibility index (Phi) is 6.08. The van der Waals surface area contributed by atoms with Crippen molar-refractivity contribution in [3.05, 3.63) is 70.5 Å². The van der Waals surface area contributed by atoms with Crippen LogP contribution in [0.15, 0.2) is 48.5 Å². The van der Waals surface area contributed by atoms with Crippen LogP contribution in [0.25, 0.3) is 0 Å². The van der Waals surface area contributed by atoms with Gasteiger partial charge in [0.15, 0.2) is 0 Å². The quantitative estimate of drug-likeness (QED) is 0.869. The van der Waals surface area contributed by atoms with Crippen LogP contribution in [-0.4, -0.2) is 11.7 Å². The lowest BCUT2D eigenvalue weighted by atomic mass is 10.2. The topological polar surface area (TPSA) is 29.1 Å². The molecule has 0 spiro atoms. The van der Waals surface area contributed by atoms with Gasteiger partial charge in [-0.25, -0.2) is 4.39 Å². The Morgan fingerprint density at radius 3 is 2.57 bits per heavy atom. The maximum Gasteiger partial charge on any atom is 0.230 e. The van der Waals surface area contributed by atoms with Crippen LogP contribution >= 0.6 is 23.4 Å². The zero-order chi connectivity index (χ0) is 15.1. The molecule has 0 fully saturated rings. The van der Waals surface area contributed by atoms with Crippen LogP contribution in [0.4, 0.5) is 4.39 Å². The fraction of sp³-hybridized carbons (Fsp3) is 0.188. The molecular weight excluding hydrogens is 309 g/mol. The molecule has 1 N–H and O–H groups in total. The minimum absolute atomic E-state index is 0.0398. The van der Waals surface area contributed by atoms with Crippen LogP contribution < -0.4 is 5.32 Å². The highest BCUT2D eigenvalue weighted by molar-refractivity contribution is 7.99. The summed E-state index contributed by atoms with van der Waals surface area (Å²) in [6.45, 7) is 0.426. The molecule has 2 nitrogen and oxygen atoms in total. The van der Waals surface area contributed by atoms with Crippen LogP contribution in [0.5, 0.6) is 0 Å². The number of nitrogens with one attached hydrogen (secondary N) is 1. The van der Waals surface area contributed by atoms with E-state index in [0.717, 1.165) is 11.1 Å². The molecule has 2 aromatic rings. The van der Waals surface area contributed by atoms with E-state index in [-0.39, 0.29) is 11.7 Å². The van der Waals surface area contributed by atoms with E-state index in [4.69, 9.17) is 11.6 Å². The summed E-state index contributed by atoms with van der Waals surface area (Å²) in [6.07, 6.45) is 0. The molecule has 0 unspecified atom stereocenters. The van der Waals surface area contributed by atoms with Gasteiger partial charge in [0, 0.05) is 17.3 Å². The minimum atomic E-state index is -0.249. The zero-order valence-corrected chi connectivity index (χ0v) is 12.9. The maximum atomic E-state index is 12.7. The number of carbonyl (C=O) groups is 1. The third-order valence-electron chi connectivity index (χ3n) is 2.85. The summed E-state index contributed by atoms with van der Waals surface area (Å²) in [7, 11) is 0. The van der Waals surface area contributed by atoms with Gasteiger partial charge in [0.1, 0.15) is 5.82 Å². The van der Waals surface area contributed by atoms with Crippen molar-refractivity contribution in [1.29, 1.82) is 0 Å². The first-order valence-corrected chi connectivity index (χ1v) is 8.01. The van der Waals surface area contributed by atoms with Crippen LogP contribution in [0.1, 0.15) is 11.1 Å². The lowest BCUT2D eigenvalue weighted by Crippen LogP contribution is -2.24. The first kappa shape index (κ1) is 15.9. The fourth-order valence-electron chi connectivity index (χ4n) is 1.73. The number of benzene rings is 2. The Balaban J connectivity index is 1.70. The van der Waals surface area contributed by atoms with Crippen LogP contribution in [0, 0.1) is 5.82 Å². The molecule has 0 aliphatic rings. The van der Waals surface area contributed by atoms with Crippen LogP contribution in [0.2, 0.25) is 5.02 Å². The van der Waals surface area contributed by atoms with E-state index in [1.54, 1.807) is 18.2 Å². The summed E-state index contributed by atoms with van der Waals surface area (Å²) in [5.74, 6) is 0.755. The van der Waals surface area contributed by atoms with E-state index in [1.807, 2.05) is 18.2 Å². The van der Waals surface area contributed by atoms with E-state index < -0.39 is 0 Å². The van der Waals surface area contributed by atoms with Crippen molar-refractivity contribution in [2.24, 2.45) is 0 Å². The first-order chi connectivity index (χ1) is 10.1. The van der Waals surface area contributed by atoms with Gasteiger partial charge in [-0.1, -0.05) is 41.9 Å². The summed E-state index contributed by atoms with van der Waals surface area (Å²) in [6, 6.07) is 13.7. The highest BCUT2D eigenvalue weighted by Gasteiger charge is 2.04. The maximum absolute atomic E-state index is 12.7. The zero-order valence-electron chi connectivity index (χ0n) is 11.3. The van der Waals surface area contributed by atoms with Gasteiger partial charge in [0.2, 0.25) is 5.91 Å². The summed E-state index contributed by atoms with van der Waals surface area (Å²) in [5, 5.41) is 3.48. The molecule has 5 heteroatoms. The average molecular weight is 324 g/mol. The van der Waals surface area contributed by atoms with Gasteiger partial charge >= 0.3 is 0 Å². The monoisotopic (exact) mass is 323 g/mol. The van der Waals surface area contributed by atoms with Gasteiger partial charge in [-0.15, -0.1) is 11.8 Å². The molecule has 0 aliphatic carbocycles. The molecule has 0 atom stereocenters. The SMILES string of the molecule is O=C(CSCc1ccc(F)cc1)NCc1ccccc1Cl. The van der Waals surface area contributed by atoms with Crippen molar-refractivity contribution >= 4 is 29.3 Å². The second-order valence-electron chi connectivity index (χ2n) is 4.49. The van der Waals surface area contributed by atoms with Crippen LogP contribution in [-0.2, 0) is 17.1 Å². The molecular formula is C16H15ClFNOS. The molecule has 2 aromatic carbocycles. The predicted octanol–water partition coefficient (Wildman–Crippen LogP) is 4.03. The van der Waals surface area contributed by atoms with Gasteiger partial charge < -0.3 is 5.32 Å². The summed E-state index contributed by atoms with van der Waals surface area (Å²) in [4.78, 5) is 11.7. The summed E-state index contributed by atoms with van der Waals surface area (Å²) < 4.78 is 12.7. The second-order valence-corrected chi connectivity index (χ2v) is 5.88. The minimum Gasteiger partial charge on any atom is -0.351 e. The second kappa shape index (κ2) is 8.05. The van der Waals surface area contributed by atoms with Crippen LogP contribution in [0.3, 0.4) is 0 Å². The average Bonchev–Trinajstić information content (AvgIpc) is 2.48. The number of thioether (sulfide) groups is 1. The number of amides is 1. The van der Waals surface area contributed by atoms with E-state index >= 15 is 0 Å². The predicted molar refractivity (Wildman–Crippen MR) is 85.9 cm³/mol. The van der Waals surface area contributed by atoms with E-state index in [9.17, 15) is 9.18 Å². The number of halogens is 2. The Hall–Kier alpha value is -1.52. The van der Waals surface area contributed by atoms with Gasteiger partial charge in [-0.3, -0.25) is 4.79 Å². The van der Waals surface area contributed by atoms with Crippen molar-refractivity contribution in [2.75, 3.05) is 5.75 Å². The molecule has 0 heterocycles. The first-order valence-electron chi connectivity index (χ1n) is 6.47. The number of carbonyl (C=O) groups excluding carboxylic acids is 1. The third kappa shape index (κ3) is 5.40. The summed E-state index contributed by atoms with van der Waals surface area (Å²) in [5.41, 5.74) is 1.90. The molecule has 0 aromatic heterocycles. The van der Waals surface area contributed by atoms with Crippen molar-refractivity contribution in [1.82, 2.24) is 5.32 Å². The summed E-state index contributed by atoms with van der Waals surface area (Å²) >= 11 is 7.51. The number of rotatable bonds is 6. The standard InChI is InChI=1S/C16H15ClFNOS/c17-15-4-2-1-3-13(15)9-19-16(20)11-21-10-12-5-7-14(18)8-6-12/h1-8H,9-11H2,(H,19,20). The molecule has 0 saturated heterocycles. The van der Waals surface area contributed by atoms with Gasteiger partial charge in [0.05, 0.1) is 5.75 Å². The van der Waals surface area contributed by atoms with Gasteiger partial charge in [-0.2, -0.15) is 0 Å².